The van der Waals surface area contributed by atoms with Gasteiger partial charge in [0, 0.05) is 13.2 Å². The van der Waals surface area contributed by atoms with Gasteiger partial charge in [-0.1, -0.05) is 46.5 Å². The lowest BCUT2D eigenvalue weighted by Crippen LogP contribution is -2.19. The van der Waals surface area contributed by atoms with Crippen molar-refractivity contribution in [2.24, 2.45) is 17.8 Å². The molecule has 0 radical (unpaired) electrons. The molecule has 0 rings (SSSR count). The quantitative estimate of drug-likeness (QED) is 0.555. The summed E-state index contributed by atoms with van der Waals surface area (Å²) in [7, 11) is 0. The Bertz CT molecular complexity index is 170. The molecular weight excluding hydrogens is 224 g/mol. The van der Waals surface area contributed by atoms with Gasteiger partial charge in [0.25, 0.3) is 0 Å². The van der Waals surface area contributed by atoms with E-state index < -0.39 is 0 Å². The largest absolute Gasteiger partial charge is 0.396 e. The number of hydrogen-bond acceptors (Lipinski definition) is 2. The molecule has 18 heavy (non-hydrogen) atoms. The highest BCUT2D eigenvalue weighted by Crippen LogP contribution is 2.32. The van der Waals surface area contributed by atoms with Gasteiger partial charge in [-0.3, -0.25) is 0 Å². The summed E-state index contributed by atoms with van der Waals surface area (Å²) in [5.74, 6) is 2.17. The fourth-order valence-electron chi connectivity index (χ4n) is 3.11. The van der Waals surface area contributed by atoms with E-state index in [-0.39, 0.29) is 0 Å². The molecule has 0 saturated carbocycles. The van der Waals surface area contributed by atoms with E-state index in [4.69, 9.17) is 10.2 Å². The Morgan fingerprint density at radius 3 is 1.89 bits per heavy atom. The van der Waals surface area contributed by atoms with Gasteiger partial charge in [0.1, 0.15) is 0 Å². The molecule has 0 aliphatic carbocycles. The summed E-state index contributed by atoms with van der Waals surface area (Å²) in [5, 5.41) is 18.1. The first kappa shape index (κ1) is 17.9. The monoisotopic (exact) mass is 258 g/mol. The molecule has 0 fully saturated rings. The Balaban J connectivity index is 4.36. The van der Waals surface area contributed by atoms with Gasteiger partial charge in [-0.15, -0.1) is 0 Å². The molecule has 0 saturated heterocycles. The average Bonchev–Trinajstić information content (AvgIpc) is 2.34. The Labute approximate surface area is 114 Å². The van der Waals surface area contributed by atoms with Crippen LogP contribution in [0.25, 0.3) is 0 Å². The summed E-state index contributed by atoms with van der Waals surface area (Å²) in [4.78, 5) is 0. The van der Waals surface area contributed by atoms with Crippen LogP contribution in [-0.2, 0) is 0 Å². The van der Waals surface area contributed by atoms with Crippen molar-refractivity contribution < 1.29 is 10.2 Å². The highest BCUT2D eigenvalue weighted by atomic mass is 16.3. The number of hydrogen-bond donors (Lipinski definition) is 2. The van der Waals surface area contributed by atoms with Crippen molar-refractivity contribution in [1.82, 2.24) is 0 Å². The molecule has 0 aromatic heterocycles. The Morgan fingerprint density at radius 1 is 0.778 bits per heavy atom. The van der Waals surface area contributed by atoms with Crippen molar-refractivity contribution in [3.8, 4) is 0 Å². The lowest BCUT2D eigenvalue weighted by molar-refractivity contribution is 0.187. The van der Waals surface area contributed by atoms with Crippen molar-refractivity contribution in [2.45, 2.75) is 72.1 Å². The van der Waals surface area contributed by atoms with Gasteiger partial charge in [-0.2, -0.15) is 0 Å². The van der Waals surface area contributed by atoms with Crippen molar-refractivity contribution in [2.75, 3.05) is 13.2 Å². The lowest BCUT2D eigenvalue weighted by atomic mass is 9.77. The smallest absolute Gasteiger partial charge is 0.0433 e. The summed E-state index contributed by atoms with van der Waals surface area (Å²) >= 11 is 0. The molecule has 0 heterocycles. The molecular formula is C16H34O2. The number of aliphatic hydroxyl groups is 2. The van der Waals surface area contributed by atoms with E-state index in [1.165, 1.54) is 38.5 Å². The van der Waals surface area contributed by atoms with Gasteiger partial charge in [-0.05, 0) is 43.4 Å². The van der Waals surface area contributed by atoms with E-state index in [0.717, 1.165) is 24.7 Å². The summed E-state index contributed by atoms with van der Waals surface area (Å²) in [6.07, 6.45) is 9.35. The van der Waals surface area contributed by atoms with E-state index in [2.05, 4.69) is 20.8 Å². The summed E-state index contributed by atoms with van der Waals surface area (Å²) in [5.41, 5.74) is 0. The first-order valence-corrected chi connectivity index (χ1v) is 7.91. The van der Waals surface area contributed by atoms with Gasteiger partial charge in [0.05, 0.1) is 0 Å². The molecule has 2 N–H and O–H groups in total. The summed E-state index contributed by atoms with van der Waals surface area (Å²) in [6, 6.07) is 0. The standard InChI is InChI=1S/C16H34O2/c1-4-7-15(9-6-11-17)16(8-5-2)13-14(3)10-12-18/h14-18H,4-13H2,1-3H3. The minimum Gasteiger partial charge on any atom is -0.396 e. The van der Waals surface area contributed by atoms with Crippen molar-refractivity contribution in [1.29, 1.82) is 0 Å². The van der Waals surface area contributed by atoms with Crippen LogP contribution in [-0.4, -0.2) is 23.4 Å². The molecule has 2 heteroatoms. The Morgan fingerprint density at radius 2 is 1.39 bits per heavy atom. The van der Waals surface area contributed by atoms with E-state index in [1.54, 1.807) is 0 Å². The van der Waals surface area contributed by atoms with Gasteiger partial charge in [-0.25, -0.2) is 0 Å². The van der Waals surface area contributed by atoms with Gasteiger partial charge in [0.2, 0.25) is 0 Å². The molecule has 0 aromatic rings. The predicted molar refractivity (Wildman–Crippen MR) is 78.6 cm³/mol. The van der Waals surface area contributed by atoms with Crippen LogP contribution in [0.1, 0.15) is 72.1 Å². The zero-order chi connectivity index (χ0) is 13.8. The minimum absolute atomic E-state index is 0.315. The first-order valence-electron chi connectivity index (χ1n) is 7.91. The van der Waals surface area contributed by atoms with Crippen LogP contribution in [0, 0.1) is 17.8 Å². The maximum atomic E-state index is 9.03. The maximum absolute atomic E-state index is 9.03. The zero-order valence-electron chi connectivity index (χ0n) is 12.7. The Hall–Kier alpha value is -0.0800. The van der Waals surface area contributed by atoms with Crippen LogP contribution in [0.15, 0.2) is 0 Å². The van der Waals surface area contributed by atoms with Crippen LogP contribution in [0.2, 0.25) is 0 Å². The lowest BCUT2D eigenvalue weighted by Gasteiger charge is -2.29. The minimum atomic E-state index is 0.315. The van der Waals surface area contributed by atoms with Gasteiger partial charge >= 0.3 is 0 Å². The summed E-state index contributed by atoms with van der Waals surface area (Å²) in [6.45, 7) is 7.42. The fourth-order valence-corrected chi connectivity index (χ4v) is 3.11. The van der Waals surface area contributed by atoms with Crippen LogP contribution < -0.4 is 0 Å². The zero-order valence-corrected chi connectivity index (χ0v) is 12.7. The molecule has 3 unspecified atom stereocenters. The maximum Gasteiger partial charge on any atom is 0.0433 e. The molecule has 0 bridgehead atoms. The third-order valence-corrected chi connectivity index (χ3v) is 4.05. The molecule has 110 valence electrons. The number of rotatable bonds is 12. The molecule has 0 spiro atoms. The van der Waals surface area contributed by atoms with Crippen LogP contribution in [0.5, 0.6) is 0 Å². The highest BCUT2D eigenvalue weighted by Gasteiger charge is 2.21. The molecule has 0 aliphatic rings. The first-order chi connectivity index (χ1) is 8.69. The SMILES string of the molecule is CCCC(CCCO)C(CCC)CC(C)CCO. The van der Waals surface area contributed by atoms with E-state index in [1.807, 2.05) is 0 Å². The van der Waals surface area contributed by atoms with Gasteiger partial charge in [0.15, 0.2) is 0 Å². The highest BCUT2D eigenvalue weighted by molar-refractivity contribution is 4.72. The van der Waals surface area contributed by atoms with E-state index in [0.29, 0.717) is 19.1 Å². The molecule has 0 aliphatic heterocycles. The third-order valence-electron chi connectivity index (χ3n) is 4.05. The fraction of sp³-hybridized carbons (Fsp3) is 1.00. The van der Waals surface area contributed by atoms with Gasteiger partial charge < -0.3 is 10.2 Å². The van der Waals surface area contributed by atoms with Crippen molar-refractivity contribution in [3.05, 3.63) is 0 Å². The molecule has 2 nitrogen and oxygen atoms in total. The third kappa shape index (κ3) is 8.10. The van der Waals surface area contributed by atoms with Crippen LogP contribution >= 0.6 is 0 Å². The van der Waals surface area contributed by atoms with Crippen molar-refractivity contribution >= 4 is 0 Å². The average molecular weight is 258 g/mol. The van der Waals surface area contributed by atoms with Crippen LogP contribution in [0.4, 0.5) is 0 Å². The second-order valence-corrected chi connectivity index (χ2v) is 5.82. The van der Waals surface area contributed by atoms with E-state index in [9.17, 15) is 0 Å². The normalized spacial score (nSPS) is 16.5. The molecule has 3 atom stereocenters. The topological polar surface area (TPSA) is 40.5 Å². The second kappa shape index (κ2) is 12.0. The van der Waals surface area contributed by atoms with Crippen LogP contribution in [0.3, 0.4) is 0 Å². The van der Waals surface area contributed by atoms with Crippen molar-refractivity contribution in [3.63, 3.8) is 0 Å². The molecule has 0 aromatic carbocycles. The van der Waals surface area contributed by atoms with E-state index >= 15 is 0 Å². The number of aliphatic hydroxyl groups excluding tert-OH is 2. The molecule has 0 amide bonds. The predicted octanol–water partition coefficient (Wildman–Crippen LogP) is 4.00. The second-order valence-electron chi connectivity index (χ2n) is 5.82. The Kier molecular flexibility index (Phi) is 11.9. The summed E-state index contributed by atoms with van der Waals surface area (Å²) < 4.78 is 0.